The highest BCUT2D eigenvalue weighted by Crippen LogP contribution is 2.10. The second-order valence-corrected chi connectivity index (χ2v) is 5.54. The normalized spacial score (nSPS) is 10.1. The van der Waals surface area contributed by atoms with Gasteiger partial charge >= 0.3 is 0 Å². The highest BCUT2D eigenvalue weighted by Gasteiger charge is 2.08. The molecule has 2 aromatic rings. The molecule has 2 aromatic carbocycles. The summed E-state index contributed by atoms with van der Waals surface area (Å²) in [6.45, 7) is 3.91. The van der Waals surface area contributed by atoms with Gasteiger partial charge in [-0.25, -0.2) is 0 Å². The molecule has 114 valence electrons. The third-order valence-corrected chi connectivity index (χ3v) is 3.61. The SMILES string of the molecule is Cc1ccc(C(=O)NNC(=O)Cc2ccc(Cl)cc2)cc1C. The van der Waals surface area contributed by atoms with E-state index in [1.807, 2.05) is 19.9 Å². The van der Waals surface area contributed by atoms with E-state index in [-0.39, 0.29) is 18.2 Å². The molecule has 22 heavy (non-hydrogen) atoms. The summed E-state index contributed by atoms with van der Waals surface area (Å²) < 4.78 is 0. The van der Waals surface area contributed by atoms with Gasteiger partial charge in [-0.15, -0.1) is 0 Å². The van der Waals surface area contributed by atoms with Crippen LogP contribution in [-0.2, 0) is 11.2 Å². The Kier molecular flexibility index (Phi) is 5.17. The number of hydrogen-bond acceptors (Lipinski definition) is 2. The third-order valence-electron chi connectivity index (χ3n) is 3.36. The maximum absolute atomic E-state index is 12.0. The van der Waals surface area contributed by atoms with Crippen molar-refractivity contribution in [1.82, 2.24) is 10.9 Å². The molecule has 0 aliphatic heterocycles. The zero-order valence-electron chi connectivity index (χ0n) is 12.4. The quantitative estimate of drug-likeness (QED) is 0.855. The zero-order chi connectivity index (χ0) is 16.1. The Bertz CT molecular complexity index is 696. The molecular formula is C17H17ClN2O2. The first-order valence-corrected chi connectivity index (χ1v) is 7.24. The monoisotopic (exact) mass is 316 g/mol. The van der Waals surface area contributed by atoms with Gasteiger partial charge in [0.05, 0.1) is 6.42 Å². The van der Waals surface area contributed by atoms with Gasteiger partial charge in [0.2, 0.25) is 5.91 Å². The van der Waals surface area contributed by atoms with Gasteiger partial charge in [-0.1, -0.05) is 29.8 Å². The molecule has 0 fully saturated rings. The second-order valence-electron chi connectivity index (χ2n) is 5.10. The molecule has 0 saturated heterocycles. The van der Waals surface area contributed by atoms with Crippen molar-refractivity contribution in [2.75, 3.05) is 0 Å². The lowest BCUT2D eigenvalue weighted by molar-refractivity contribution is -0.121. The van der Waals surface area contributed by atoms with E-state index < -0.39 is 0 Å². The van der Waals surface area contributed by atoms with Crippen molar-refractivity contribution in [3.05, 3.63) is 69.7 Å². The molecule has 4 nitrogen and oxygen atoms in total. The summed E-state index contributed by atoms with van der Waals surface area (Å²) in [5.41, 5.74) is 8.29. The van der Waals surface area contributed by atoms with Crippen LogP contribution in [0.15, 0.2) is 42.5 Å². The van der Waals surface area contributed by atoms with E-state index in [9.17, 15) is 9.59 Å². The number of hydrazine groups is 1. The Morgan fingerprint density at radius 3 is 2.27 bits per heavy atom. The summed E-state index contributed by atoms with van der Waals surface area (Å²) in [4.78, 5) is 23.8. The maximum atomic E-state index is 12.0. The highest BCUT2D eigenvalue weighted by atomic mass is 35.5. The summed E-state index contributed by atoms with van der Waals surface area (Å²) in [5, 5.41) is 0.618. The Morgan fingerprint density at radius 1 is 0.955 bits per heavy atom. The summed E-state index contributed by atoms with van der Waals surface area (Å²) >= 11 is 5.79. The third kappa shape index (κ3) is 4.33. The van der Waals surface area contributed by atoms with Crippen LogP contribution >= 0.6 is 11.6 Å². The lowest BCUT2D eigenvalue weighted by Gasteiger charge is -2.09. The van der Waals surface area contributed by atoms with Crippen LogP contribution < -0.4 is 10.9 Å². The van der Waals surface area contributed by atoms with Crippen LogP contribution in [0, 0.1) is 13.8 Å². The van der Waals surface area contributed by atoms with E-state index in [4.69, 9.17) is 11.6 Å². The Hall–Kier alpha value is -2.33. The van der Waals surface area contributed by atoms with Crippen molar-refractivity contribution in [3.8, 4) is 0 Å². The van der Waals surface area contributed by atoms with Crippen LogP contribution in [-0.4, -0.2) is 11.8 Å². The fourth-order valence-electron chi connectivity index (χ4n) is 1.91. The number of benzene rings is 2. The van der Waals surface area contributed by atoms with Gasteiger partial charge in [0.15, 0.2) is 0 Å². The molecule has 5 heteroatoms. The standard InChI is InChI=1S/C17H17ClN2O2/c1-11-3-6-14(9-12(11)2)17(22)20-19-16(21)10-13-4-7-15(18)8-5-13/h3-9H,10H2,1-2H3,(H,19,21)(H,20,22). The first kappa shape index (κ1) is 16.0. The molecule has 0 radical (unpaired) electrons. The van der Waals surface area contributed by atoms with Gasteiger partial charge in [-0.2, -0.15) is 0 Å². The topological polar surface area (TPSA) is 58.2 Å². The van der Waals surface area contributed by atoms with Crippen LogP contribution in [0.2, 0.25) is 5.02 Å². The summed E-state index contributed by atoms with van der Waals surface area (Å²) in [5.74, 6) is -0.632. The predicted molar refractivity (Wildman–Crippen MR) is 86.7 cm³/mol. The van der Waals surface area contributed by atoms with Gasteiger partial charge in [0.25, 0.3) is 5.91 Å². The molecule has 0 saturated carbocycles. The molecule has 0 aliphatic carbocycles. The minimum Gasteiger partial charge on any atom is -0.273 e. The number of carbonyl (C=O) groups is 2. The number of carbonyl (C=O) groups excluding carboxylic acids is 2. The Balaban J connectivity index is 1.88. The maximum Gasteiger partial charge on any atom is 0.269 e. The van der Waals surface area contributed by atoms with Gasteiger partial charge in [-0.05, 0) is 54.8 Å². The Morgan fingerprint density at radius 2 is 1.64 bits per heavy atom. The molecule has 2 rings (SSSR count). The molecule has 2 N–H and O–H groups in total. The van der Waals surface area contributed by atoms with Crippen LogP contribution in [0.1, 0.15) is 27.0 Å². The van der Waals surface area contributed by atoms with Gasteiger partial charge in [-0.3, -0.25) is 20.4 Å². The summed E-state index contributed by atoms with van der Waals surface area (Å²) in [6.07, 6.45) is 0.171. The van der Waals surface area contributed by atoms with E-state index in [1.54, 1.807) is 36.4 Å². The number of aryl methyl sites for hydroxylation is 2. The van der Waals surface area contributed by atoms with E-state index in [0.717, 1.165) is 16.7 Å². The lowest BCUT2D eigenvalue weighted by Crippen LogP contribution is -2.42. The van der Waals surface area contributed by atoms with Crippen molar-refractivity contribution in [3.63, 3.8) is 0 Å². The largest absolute Gasteiger partial charge is 0.273 e. The molecule has 0 bridgehead atoms. The van der Waals surface area contributed by atoms with Gasteiger partial charge in [0, 0.05) is 10.6 Å². The zero-order valence-corrected chi connectivity index (χ0v) is 13.2. The fraction of sp³-hybridized carbons (Fsp3) is 0.176. The van der Waals surface area contributed by atoms with Crippen LogP contribution in [0.3, 0.4) is 0 Å². The average Bonchev–Trinajstić information content (AvgIpc) is 2.50. The number of amides is 2. The van der Waals surface area contributed by atoms with E-state index in [2.05, 4.69) is 10.9 Å². The fourth-order valence-corrected chi connectivity index (χ4v) is 2.04. The molecule has 0 aromatic heterocycles. The summed E-state index contributed by atoms with van der Waals surface area (Å²) in [7, 11) is 0. The predicted octanol–water partition coefficient (Wildman–Crippen LogP) is 2.96. The van der Waals surface area contributed by atoms with Crippen LogP contribution in [0.5, 0.6) is 0 Å². The Labute approximate surface area is 134 Å². The van der Waals surface area contributed by atoms with Crippen LogP contribution in [0.25, 0.3) is 0 Å². The van der Waals surface area contributed by atoms with E-state index >= 15 is 0 Å². The van der Waals surface area contributed by atoms with Crippen molar-refractivity contribution < 1.29 is 9.59 Å². The molecule has 0 aliphatic rings. The number of halogens is 1. The molecule has 2 amide bonds. The average molecular weight is 317 g/mol. The van der Waals surface area contributed by atoms with Gasteiger partial charge in [0.1, 0.15) is 0 Å². The van der Waals surface area contributed by atoms with Gasteiger partial charge < -0.3 is 0 Å². The van der Waals surface area contributed by atoms with Crippen molar-refractivity contribution in [1.29, 1.82) is 0 Å². The number of nitrogens with one attached hydrogen (secondary N) is 2. The first-order chi connectivity index (χ1) is 10.5. The van der Waals surface area contributed by atoms with Crippen molar-refractivity contribution in [2.24, 2.45) is 0 Å². The number of hydrogen-bond donors (Lipinski definition) is 2. The second kappa shape index (κ2) is 7.09. The summed E-state index contributed by atoms with van der Waals surface area (Å²) in [6, 6.07) is 12.4. The molecule has 0 unspecified atom stereocenters. The lowest BCUT2D eigenvalue weighted by atomic mass is 10.1. The highest BCUT2D eigenvalue weighted by molar-refractivity contribution is 6.30. The minimum absolute atomic E-state index is 0.171. The van der Waals surface area contributed by atoms with E-state index in [0.29, 0.717) is 10.6 Å². The molecule has 0 atom stereocenters. The van der Waals surface area contributed by atoms with Crippen molar-refractivity contribution in [2.45, 2.75) is 20.3 Å². The van der Waals surface area contributed by atoms with Crippen LogP contribution in [0.4, 0.5) is 0 Å². The molecule has 0 spiro atoms. The van der Waals surface area contributed by atoms with Crippen molar-refractivity contribution >= 4 is 23.4 Å². The molecular weight excluding hydrogens is 300 g/mol. The minimum atomic E-state index is -0.340. The first-order valence-electron chi connectivity index (χ1n) is 6.86. The number of rotatable bonds is 3. The van der Waals surface area contributed by atoms with E-state index in [1.165, 1.54) is 0 Å². The molecule has 0 heterocycles. The smallest absolute Gasteiger partial charge is 0.269 e.